The molecule has 0 amide bonds. The van der Waals surface area contributed by atoms with E-state index < -0.39 is 0 Å². The molecule has 0 aliphatic rings. The van der Waals surface area contributed by atoms with Crippen LogP contribution in [0.4, 0.5) is 0 Å². The molecule has 1 aromatic rings. The van der Waals surface area contributed by atoms with Crippen LogP contribution in [0, 0.1) is 0 Å². The molecule has 0 aromatic heterocycles. The Balaban J connectivity index is 2.47. The summed E-state index contributed by atoms with van der Waals surface area (Å²) in [7, 11) is 1.61. The maximum absolute atomic E-state index is 6.02. The van der Waals surface area contributed by atoms with Gasteiger partial charge in [0.25, 0.3) is 0 Å². The lowest BCUT2D eigenvalue weighted by atomic mass is 10.1. The molecule has 0 fully saturated rings. The van der Waals surface area contributed by atoms with E-state index in [1.165, 1.54) is 0 Å². The summed E-state index contributed by atoms with van der Waals surface area (Å²) in [4.78, 5) is 0. The van der Waals surface area contributed by atoms with Crippen molar-refractivity contribution in [2.24, 2.45) is 0 Å². The van der Waals surface area contributed by atoms with Crippen LogP contribution in [0.5, 0.6) is 0 Å². The molecular formula is C11H15ClO2. The SMILES string of the molecule is COCO[C@@H](C)Cc1ccccc1Cl. The quantitative estimate of drug-likeness (QED) is 0.702. The van der Waals surface area contributed by atoms with E-state index in [0.717, 1.165) is 17.0 Å². The summed E-state index contributed by atoms with van der Waals surface area (Å²) in [6.07, 6.45) is 0.929. The van der Waals surface area contributed by atoms with Crippen molar-refractivity contribution < 1.29 is 9.47 Å². The van der Waals surface area contributed by atoms with Crippen molar-refractivity contribution in [3.63, 3.8) is 0 Å². The summed E-state index contributed by atoms with van der Waals surface area (Å²) in [5, 5.41) is 0.792. The van der Waals surface area contributed by atoms with Crippen LogP contribution >= 0.6 is 11.6 Å². The van der Waals surface area contributed by atoms with E-state index in [1.807, 2.05) is 31.2 Å². The summed E-state index contributed by atoms with van der Waals surface area (Å²) in [6, 6.07) is 7.80. The van der Waals surface area contributed by atoms with Gasteiger partial charge in [-0.2, -0.15) is 0 Å². The normalized spacial score (nSPS) is 12.8. The van der Waals surface area contributed by atoms with Gasteiger partial charge in [-0.15, -0.1) is 0 Å². The fraction of sp³-hybridized carbons (Fsp3) is 0.455. The molecule has 1 aromatic carbocycles. The van der Waals surface area contributed by atoms with Gasteiger partial charge in [0.1, 0.15) is 6.79 Å². The Hall–Kier alpha value is -0.570. The van der Waals surface area contributed by atoms with Gasteiger partial charge >= 0.3 is 0 Å². The number of rotatable bonds is 5. The summed E-state index contributed by atoms with van der Waals surface area (Å²) in [5.74, 6) is 0. The molecule has 1 atom stereocenters. The first-order valence-electron chi connectivity index (χ1n) is 4.58. The monoisotopic (exact) mass is 214 g/mol. The van der Waals surface area contributed by atoms with E-state index >= 15 is 0 Å². The maximum Gasteiger partial charge on any atom is 0.146 e. The van der Waals surface area contributed by atoms with Crippen LogP contribution < -0.4 is 0 Å². The zero-order chi connectivity index (χ0) is 10.4. The van der Waals surface area contributed by atoms with E-state index in [0.29, 0.717) is 6.79 Å². The first kappa shape index (κ1) is 11.5. The van der Waals surface area contributed by atoms with Gasteiger partial charge < -0.3 is 9.47 Å². The van der Waals surface area contributed by atoms with E-state index in [9.17, 15) is 0 Å². The van der Waals surface area contributed by atoms with E-state index in [-0.39, 0.29) is 6.10 Å². The molecule has 0 aliphatic carbocycles. The lowest BCUT2D eigenvalue weighted by Crippen LogP contribution is -2.13. The highest BCUT2D eigenvalue weighted by Gasteiger charge is 2.05. The molecule has 3 heteroatoms. The predicted molar refractivity (Wildman–Crippen MR) is 57.6 cm³/mol. The molecule has 1 rings (SSSR count). The van der Waals surface area contributed by atoms with Crippen molar-refractivity contribution in [3.05, 3.63) is 34.9 Å². The van der Waals surface area contributed by atoms with E-state index in [1.54, 1.807) is 7.11 Å². The Kier molecular flexibility index (Phi) is 4.94. The van der Waals surface area contributed by atoms with Crippen molar-refractivity contribution in [2.75, 3.05) is 13.9 Å². The Morgan fingerprint density at radius 1 is 1.36 bits per heavy atom. The molecule has 0 unspecified atom stereocenters. The number of hydrogen-bond donors (Lipinski definition) is 0. The number of benzene rings is 1. The average molecular weight is 215 g/mol. The van der Waals surface area contributed by atoms with Crippen LogP contribution in [0.1, 0.15) is 12.5 Å². The lowest BCUT2D eigenvalue weighted by Gasteiger charge is -2.12. The molecule has 0 spiro atoms. The molecule has 0 bridgehead atoms. The van der Waals surface area contributed by atoms with Gasteiger partial charge in [0.15, 0.2) is 0 Å². The Morgan fingerprint density at radius 2 is 2.07 bits per heavy atom. The first-order valence-corrected chi connectivity index (χ1v) is 4.95. The number of hydrogen-bond acceptors (Lipinski definition) is 2. The molecule has 78 valence electrons. The zero-order valence-corrected chi connectivity index (χ0v) is 9.25. The third-order valence-electron chi connectivity index (χ3n) is 1.94. The van der Waals surface area contributed by atoms with Crippen molar-refractivity contribution >= 4 is 11.6 Å². The second kappa shape index (κ2) is 6.02. The van der Waals surface area contributed by atoms with Gasteiger partial charge in [-0.3, -0.25) is 0 Å². The second-order valence-corrected chi connectivity index (χ2v) is 3.59. The standard InChI is InChI=1S/C11H15ClO2/c1-9(14-8-13-2)7-10-5-3-4-6-11(10)12/h3-6,9H,7-8H2,1-2H3/t9-/m0/s1. The zero-order valence-electron chi connectivity index (χ0n) is 8.50. The highest BCUT2D eigenvalue weighted by Crippen LogP contribution is 2.17. The Bertz CT molecular complexity index is 276. The van der Waals surface area contributed by atoms with Gasteiger partial charge in [-0.05, 0) is 25.0 Å². The highest BCUT2D eigenvalue weighted by molar-refractivity contribution is 6.31. The first-order chi connectivity index (χ1) is 6.74. The molecule has 14 heavy (non-hydrogen) atoms. The molecular weight excluding hydrogens is 200 g/mol. The van der Waals surface area contributed by atoms with Gasteiger partial charge in [-0.1, -0.05) is 29.8 Å². The molecule has 0 saturated heterocycles. The second-order valence-electron chi connectivity index (χ2n) is 3.18. The molecule has 2 nitrogen and oxygen atoms in total. The molecule has 0 saturated carbocycles. The fourth-order valence-electron chi connectivity index (χ4n) is 1.22. The third kappa shape index (κ3) is 3.66. The summed E-state index contributed by atoms with van der Waals surface area (Å²) in [5.41, 5.74) is 1.11. The fourth-order valence-corrected chi connectivity index (χ4v) is 1.43. The lowest BCUT2D eigenvalue weighted by molar-refractivity contribution is -0.0646. The summed E-state index contributed by atoms with van der Waals surface area (Å²) < 4.78 is 10.2. The van der Waals surface area contributed by atoms with Crippen molar-refractivity contribution in [1.82, 2.24) is 0 Å². The third-order valence-corrected chi connectivity index (χ3v) is 2.30. The summed E-state index contributed by atoms with van der Waals surface area (Å²) in [6.45, 7) is 2.33. The van der Waals surface area contributed by atoms with Gasteiger partial charge in [0, 0.05) is 12.1 Å². The summed E-state index contributed by atoms with van der Waals surface area (Å²) >= 11 is 6.02. The average Bonchev–Trinajstić information content (AvgIpc) is 2.18. The van der Waals surface area contributed by atoms with Crippen molar-refractivity contribution in [1.29, 1.82) is 0 Å². The molecule has 0 aliphatic heterocycles. The predicted octanol–water partition coefficient (Wildman–Crippen LogP) is 2.89. The van der Waals surface area contributed by atoms with Gasteiger partial charge in [0.05, 0.1) is 6.10 Å². The largest absolute Gasteiger partial charge is 0.359 e. The van der Waals surface area contributed by atoms with Crippen LogP contribution in [0.25, 0.3) is 0 Å². The van der Waals surface area contributed by atoms with E-state index in [2.05, 4.69) is 0 Å². The van der Waals surface area contributed by atoms with Crippen LogP contribution in [0.2, 0.25) is 5.02 Å². The number of methoxy groups -OCH3 is 1. The van der Waals surface area contributed by atoms with E-state index in [4.69, 9.17) is 21.1 Å². The minimum Gasteiger partial charge on any atom is -0.359 e. The van der Waals surface area contributed by atoms with Gasteiger partial charge in [0.2, 0.25) is 0 Å². The smallest absolute Gasteiger partial charge is 0.146 e. The van der Waals surface area contributed by atoms with Crippen LogP contribution in [0.15, 0.2) is 24.3 Å². The highest BCUT2D eigenvalue weighted by atomic mass is 35.5. The van der Waals surface area contributed by atoms with Crippen molar-refractivity contribution in [2.45, 2.75) is 19.4 Å². The van der Waals surface area contributed by atoms with Crippen LogP contribution in [-0.2, 0) is 15.9 Å². The molecule has 0 N–H and O–H groups in total. The van der Waals surface area contributed by atoms with Crippen LogP contribution in [0.3, 0.4) is 0 Å². The van der Waals surface area contributed by atoms with Gasteiger partial charge in [-0.25, -0.2) is 0 Å². The van der Waals surface area contributed by atoms with Crippen LogP contribution in [-0.4, -0.2) is 20.0 Å². The Morgan fingerprint density at radius 3 is 2.71 bits per heavy atom. The molecule has 0 radical (unpaired) electrons. The minimum absolute atomic E-state index is 0.120. The van der Waals surface area contributed by atoms with Crippen molar-refractivity contribution in [3.8, 4) is 0 Å². The number of ether oxygens (including phenoxy) is 2. The Labute approximate surface area is 89.8 Å². The topological polar surface area (TPSA) is 18.5 Å². The number of halogens is 1. The minimum atomic E-state index is 0.120. The maximum atomic E-state index is 6.02. The molecule has 0 heterocycles.